The van der Waals surface area contributed by atoms with Crippen molar-refractivity contribution in [1.82, 2.24) is 15.5 Å². The van der Waals surface area contributed by atoms with E-state index >= 15 is 0 Å². The van der Waals surface area contributed by atoms with Crippen LogP contribution in [0.4, 0.5) is 4.79 Å². The van der Waals surface area contributed by atoms with Crippen LogP contribution < -0.4 is 10.6 Å². The van der Waals surface area contributed by atoms with Crippen LogP contribution in [-0.2, 0) is 4.74 Å². The van der Waals surface area contributed by atoms with Gasteiger partial charge in [0, 0.05) is 18.6 Å². The molecule has 1 fully saturated rings. The topological polar surface area (TPSA) is 53.6 Å². The van der Waals surface area contributed by atoms with Gasteiger partial charge in [0.05, 0.1) is 0 Å². The maximum atomic E-state index is 11.9. The number of hydrogen-bond donors (Lipinski definition) is 2. The highest BCUT2D eigenvalue weighted by Gasteiger charge is 2.25. The molecule has 5 heteroatoms. The highest BCUT2D eigenvalue weighted by Crippen LogP contribution is 2.21. The molecule has 142 valence electrons. The smallest absolute Gasteiger partial charge is 0.407 e. The van der Waals surface area contributed by atoms with Crippen LogP contribution in [0.15, 0.2) is 0 Å². The van der Waals surface area contributed by atoms with Gasteiger partial charge in [-0.2, -0.15) is 0 Å². The van der Waals surface area contributed by atoms with E-state index in [2.05, 4.69) is 36.3 Å². The summed E-state index contributed by atoms with van der Waals surface area (Å²) in [6.07, 6.45) is 4.37. The highest BCUT2D eigenvalue weighted by atomic mass is 16.6. The first kappa shape index (κ1) is 21.2. The van der Waals surface area contributed by atoms with Gasteiger partial charge >= 0.3 is 6.09 Å². The number of amides is 1. The lowest BCUT2D eigenvalue weighted by Gasteiger charge is -2.36. The largest absolute Gasteiger partial charge is 0.444 e. The van der Waals surface area contributed by atoms with Gasteiger partial charge < -0.3 is 20.3 Å². The summed E-state index contributed by atoms with van der Waals surface area (Å²) < 4.78 is 5.33. The van der Waals surface area contributed by atoms with Crippen molar-refractivity contribution in [2.75, 3.05) is 26.2 Å². The molecule has 0 spiro atoms. The van der Waals surface area contributed by atoms with Crippen LogP contribution in [0.2, 0.25) is 0 Å². The van der Waals surface area contributed by atoms with E-state index in [0.29, 0.717) is 18.6 Å². The minimum atomic E-state index is -0.446. The third kappa shape index (κ3) is 8.34. The lowest BCUT2D eigenvalue weighted by Crippen LogP contribution is -2.49. The van der Waals surface area contributed by atoms with E-state index in [9.17, 15) is 4.79 Å². The molecule has 2 N–H and O–H groups in total. The average Bonchev–Trinajstić information content (AvgIpc) is 2.51. The molecule has 0 saturated carbocycles. The third-order valence-corrected chi connectivity index (χ3v) is 4.81. The molecule has 0 aromatic carbocycles. The summed E-state index contributed by atoms with van der Waals surface area (Å²) in [6.45, 7) is 16.6. The van der Waals surface area contributed by atoms with Gasteiger partial charge in [0.1, 0.15) is 5.60 Å². The summed E-state index contributed by atoms with van der Waals surface area (Å²) in [7, 11) is 0. The van der Waals surface area contributed by atoms with Gasteiger partial charge in [-0.1, -0.05) is 20.3 Å². The zero-order chi connectivity index (χ0) is 18.2. The number of carbonyl (C=O) groups is 1. The van der Waals surface area contributed by atoms with E-state index in [-0.39, 0.29) is 6.09 Å². The van der Waals surface area contributed by atoms with Crippen molar-refractivity contribution >= 4 is 6.09 Å². The van der Waals surface area contributed by atoms with Crippen LogP contribution >= 0.6 is 0 Å². The predicted octanol–water partition coefficient (Wildman–Crippen LogP) is 3.39. The first-order valence-electron chi connectivity index (χ1n) is 9.70. The molecule has 2 atom stereocenters. The van der Waals surface area contributed by atoms with E-state index in [1.165, 1.54) is 25.9 Å². The van der Waals surface area contributed by atoms with Crippen LogP contribution in [0.3, 0.4) is 0 Å². The van der Waals surface area contributed by atoms with Crippen LogP contribution in [0.25, 0.3) is 0 Å². The summed E-state index contributed by atoms with van der Waals surface area (Å²) >= 11 is 0. The first-order valence-corrected chi connectivity index (χ1v) is 9.70. The monoisotopic (exact) mass is 341 g/mol. The van der Waals surface area contributed by atoms with Crippen molar-refractivity contribution in [2.24, 2.45) is 5.92 Å². The number of nitrogens with one attached hydrogen (secondary N) is 2. The average molecular weight is 342 g/mol. The molecule has 0 aromatic rings. The first-order chi connectivity index (χ1) is 11.2. The van der Waals surface area contributed by atoms with E-state index in [4.69, 9.17) is 4.74 Å². The van der Waals surface area contributed by atoms with Gasteiger partial charge in [-0.3, -0.25) is 0 Å². The summed E-state index contributed by atoms with van der Waals surface area (Å²) in [5, 5.41) is 6.67. The number of nitrogens with zero attached hydrogens (tertiary/aromatic N) is 1. The Bertz CT molecular complexity index is 360. The lowest BCUT2D eigenvalue weighted by atomic mass is 9.89. The van der Waals surface area contributed by atoms with Gasteiger partial charge in [-0.25, -0.2) is 4.79 Å². The quantitative estimate of drug-likeness (QED) is 0.710. The zero-order valence-corrected chi connectivity index (χ0v) is 16.7. The van der Waals surface area contributed by atoms with E-state index < -0.39 is 5.60 Å². The highest BCUT2D eigenvalue weighted by molar-refractivity contribution is 5.67. The summed E-state index contributed by atoms with van der Waals surface area (Å²) in [4.78, 5) is 14.4. The van der Waals surface area contributed by atoms with Crippen LogP contribution in [0, 0.1) is 5.92 Å². The van der Waals surface area contributed by atoms with Crippen LogP contribution in [0.5, 0.6) is 0 Å². The molecule has 0 radical (unpaired) electrons. The molecule has 1 amide bonds. The fraction of sp³-hybridized carbons (Fsp3) is 0.947. The molecule has 2 unspecified atom stereocenters. The molecule has 1 heterocycles. The Labute approximate surface area is 148 Å². The third-order valence-electron chi connectivity index (χ3n) is 4.81. The van der Waals surface area contributed by atoms with E-state index in [0.717, 1.165) is 25.3 Å². The summed E-state index contributed by atoms with van der Waals surface area (Å²) in [6, 6.07) is 0.794. The van der Waals surface area contributed by atoms with Crippen LogP contribution in [-0.4, -0.2) is 54.9 Å². The van der Waals surface area contributed by atoms with Gasteiger partial charge in [-0.05, 0) is 72.5 Å². The minimum absolute atomic E-state index is 0.307. The Hall–Kier alpha value is -0.810. The Morgan fingerprint density at radius 1 is 1.25 bits per heavy atom. The molecule has 1 rings (SSSR count). The van der Waals surface area contributed by atoms with E-state index in [1.807, 2.05) is 20.8 Å². The predicted molar refractivity (Wildman–Crippen MR) is 100 cm³/mol. The second kappa shape index (κ2) is 10.2. The Morgan fingerprint density at radius 2 is 1.88 bits per heavy atom. The molecular weight excluding hydrogens is 302 g/mol. The van der Waals surface area contributed by atoms with Crippen LogP contribution in [0.1, 0.15) is 67.2 Å². The fourth-order valence-electron chi connectivity index (χ4n) is 3.39. The number of piperidine rings is 1. The molecular formula is C19H39N3O2. The normalized spacial score (nSPS) is 19.8. The van der Waals surface area contributed by atoms with E-state index in [1.54, 1.807) is 0 Å². The van der Waals surface area contributed by atoms with Crippen molar-refractivity contribution in [3.8, 4) is 0 Å². The van der Waals surface area contributed by atoms with Crippen molar-refractivity contribution < 1.29 is 9.53 Å². The molecule has 0 aliphatic carbocycles. The van der Waals surface area contributed by atoms with Crippen molar-refractivity contribution in [3.63, 3.8) is 0 Å². The van der Waals surface area contributed by atoms with Crippen molar-refractivity contribution in [2.45, 2.75) is 84.9 Å². The second-order valence-corrected chi connectivity index (χ2v) is 8.10. The molecule has 1 aliphatic rings. The molecule has 1 saturated heterocycles. The molecule has 0 bridgehead atoms. The van der Waals surface area contributed by atoms with Gasteiger partial charge in [0.15, 0.2) is 0 Å². The summed E-state index contributed by atoms with van der Waals surface area (Å²) in [5.41, 5.74) is -0.446. The second-order valence-electron chi connectivity index (χ2n) is 8.10. The molecule has 24 heavy (non-hydrogen) atoms. The lowest BCUT2D eigenvalue weighted by molar-refractivity contribution is 0.0519. The van der Waals surface area contributed by atoms with Gasteiger partial charge in [-0.15, -0.1) is 0 Å². The Balaban J connectivity index is 2.40. The number of carbonyl (C=O) groups excluding carboxylic acids is 1. The molecule has 0 aromatic heterocycles. The Kier molecular flexibility index (Phi) is 9.06. The number of rotatable bonds is 8. The summed E-state index contributed by atoms with van der Waals surface area (Å²) in [5.74, 6) is 0.730. The maximum Gasteiger partial charge on any atom is 0.407 e. The number of hydrogen-bond acceptors (Lipinski definition) is 4. The minimum Gasteiger partial charge on any atom is -0.444 e. The maximum absolute atomic E-state index is 11.9. The van der Waals surface area contributed by atoms with Gasteiger partial charge in [0.2, 0.25) is 0 Å². The number of likely N-dealkylation sites (tertiary alicyclic amines) is 1. The molecule has 1 aliphatic heterocycles. The zero-order valence-electron chi connectivity index (χ0n) is 16.7. The number of alkyl carbamates (subject to hydrolysis) is 1. The van der Waals surface area contributed by atoms with Crippen molar-refractivity contribution in [1.29, 1.82) is 0 Å². The number of ether oxygens (including phenoxy) is 1. The van der Waals surface area contributed by atoms with Crippen molar-refractivity contribution in [3.05, 3.63) is 0 Å². The van der Waals surface area contributed by atoms with Gasteiger partial charge in [0.25, 0.3) is 0 Å². The Morgan fingerprint density at radius 3 is 2.38 bits per heavy atom. The molecule has 5 nitrogen and oxygen atoms in total. The SMILES string of the molecule is CCCC(CNC(=O)OC(C)(C)C)NC(C)C1CCN(CC)CC1. The standard InChI is InChI=1S/C19H39N3O2/c1-7-9-17(14-20-18(23)24-19(4,5)6)21-15(3)16-10-12-22(8-2)13-11-16/h15-17,21H,7-14H2,1-6H3,(H,20,23). The fourth-order valence-corrected chi connectivity index (χ4v) is 3.39.